The highest BCUT2D eigenvalue weighted by Crippen LogP contribution is 2.28. The molecule has 0 saturated heterocycles. The highest BCUT2D eigenvalue weighted by molar-refractivity contribution is 5.25. The third-order valence-corrected chi connectivity index (χ3v) is 3.82. The van der Waals surface area contributed by atoms with Gasteiger partial charge in [0.25, 0.3) is 5.92 Å². The van der Waals surface area contributed by atoms with Gasteiger partial charge in [0, 0.05) is 12.3 Å². The number of hydrogen-bond donors (Lipinski definition) is 2. The molecule has 2 nitrogen and oxygen atoms in total. The Labute approximate surface area is 137 Å². The van der Waals surface area contributed by atoms with Crippen LogP contribution in [0.4, 0.5) is 8.78 Å². The van der Waals surface area contributed by atoms with Gasteiger partial charge in [-0.05, 0) is 18.4 Å². The minimum atomic E-state index is -3.13. The first-order valence-electron chi connectivity index (χ1n) is 8.00. The van der Waals surface area contributed by atoms with E-state index in [9.17, 15) is 19.0 Å². The van der Waals surface area contributed by atoms with Gasteiger partial charge >= 0.3 is 0 Å². The number of halogens is 2. The number of benzene rings is 1. The highest BCUT2D eigenvalue weighted by Gasteiger charge is 2.35. The van der Waals surface area contributed by atoms with Crippen LogP contribution in [-0.2, 0) is 0 Å². The zero-order valence-corrected chi connectivity index (χ0v) is 13.5. The lowest BCUT2D eigenvalue weighted by molar-refractivity contribution is -0.0930. The molecule has 0 fully saturated rings. The van der Waals surface area contributed by atoms with Crippen molar-refractivity contribution >= 4 is 0 Å². The summed E-state index contributed by atoms with van der Waals surface area (Å²) in [4.78, 5) is 0. The maximum Gasteiger partial charge on any atom is 0.276 e. The largest absolute Gasteiger partial charge is 0.389 e. The smallest absolute Gasteiger partial charge is 0.276 e. The number of allylic oxidation sites excluding steroid dienone is 1. The van der Waals surface area contributed by atoms with Crippen molar-refractivity contribution < 1.29 is 19.0 Å². The van der Waals surface area contributed by atoms with Gasteiger partial charge in [0.15, 0.2) is 0 Å². The summed E-state index contributed by atoms with van der Waals surface area (Å²) in [7, 11) is 0. The van der Waals surface area contributed by atoms with E-state index in [1.807, 2.05) is 37.3 Å². The second kappa shape index (κ2) is 9.58. The Morgan fingerprint density at radius 2 is 1.83 bits per heavy atom. The Balaban J connectivity index is 2.85. The fourth-order valence-corrected chi connectivity index (χ4v) is 2.32. The number of unbranched alkanes of at least 4 members (excludes halogenated alkanes) is 1. The molecule has 0 heterocycles. The van der Waals surface area contributed by atoms with Crippen LogP contribution in [-0.4, -0.2) is 28.3 Å². The third kappa shape index (κ3) is 6.63. The summed E-state index contributed by atoms with van der Waals surface area (Å²) in [6.07, 6.45) is 2.58. The van der Waals surface area contributed by atoms with Crippen LogP contribution in [0.15, 0.2) is 55.1 Å². The monoisotopic (exact) mass is 324 g/mol. The fraction of sp³-hybridized carbons (Fsp3) is 0.474. The molecule has 0 amide bonds. The van der Waals surface area contributed by atoms with E-state index in [0.717, 1.165) is 11.6 Å². The Morgan fingerprint density at radius 1 is 1.17 bits per heavy atom. The number of rotatable bonds is 10. The number of hydrogen-bond acceptors (Lipinski definition) is 2. The molecule has 4 heteroatoms. The predicted molar refractivity (Wildman–Crippen MR) is 89.6 cm³/mol. The average molecular weight is 324 g/mol. The van der Waals surface area contributed by atoms with Gasteiger partial charge in [-0.25, -0.2) is 8.78 Å². The molecule has 23 heavy (non-hydrogen) atoms. The van der Waals surface area contributed by atoms with Gasteiger partial charge < -0.3 is 10.2 Å². The van der Waals surface area contributed by atoms with E-state index < -0.39 is 18.1 Å². The normalized spacial score (nSPS) is 16.2. The van der Waals surface area contributed by atoms with Gasteiger partial charge in [-0.1, -0.05) is 61.9 Å². The highest BCUT2D eigenvalue weighted by atomic mass is 19.3. The van der Waals surface area contributed by atoms with Crippen molar-refractivity contribution in [2.75, 3.05) is 0 Å². The van der Waals surface area contributed by atoms with Crippen LogP contribution in [0.25, 0.3) is 0 Å². The van der Waals surface area contributed by atoms with Crippen molar-refractivity contribution in [1.82, 2.24) is 0 Å². The molecular formula is C19H26F2O2. The van der Waals surface area contributed by atoms with Crippen LogP contribution in [0.3, 0.4) is 0 Å². The van der Waals surface area contributed by atoms with Crippen molar-refractivity contribution in [2.45, 2.75) is 56.7 Å². The summed E-state index contributed by atoms with van der Waals surface area (Å²) < 4.78 is 27.6. The molecule has 2 N–H and O–H groups in total. The Hall–Kier alpha value is -1.52. The SMILES string of the molecule is C=CC(O)CC(/C=C/C(O)C(F)(F)CCCC)c1ccccc1. The van der Waals surface area contributed by atoms with Gasteiger partial charge in [0.2, 0.25) is 0 Å². The summed E-state index contributed by atoms with van der Waals surface area (Å²) in [6, 6.07) is 9.30. The van der Waals surface area contributed by atoms with Gasteiger partial charge in [-0.15, -0.1) is 6.58 Å². The van der Waals surface area contributed by atoms with Gasteiger partial charge in [0.05, 0.1) is 6.10 Å². The maximum absolute atomic E-state index is 13.8. The van der Waals surface area contributed by atoms with Crippen molar-refractivity contribution in [2.24, 2.45) is 0 Å². The molecule has 0 radical (unpaired) electrons. The summed E-state index contributed by atoms with van der Waals surface area (Å²) in [5.74, 6) is -3.40. The lowest BCUT2D eigenvalue weighted by Gasteiger charge is -2.21. The maximum atomic E-state index is 13.8. The Kier molecular flexibility index (Phi) is 8.13. The first-order chi connectivity index (χ1) is 10.9. The molecule has 0 aliphatic rings. The summed E-state index contributed by atoms with van der Waals surface area (Å²) in [5.41, 5.74) is 0.897. The lowest BCUT2D eigenvalue weighted by atomic mass is 9.91. The van der Waals surface area contributed by atoms with Crippen molar-refractivity contribution in [3.8, 4) is 0 Å². The van der Waals surface area contributed by atoms with E-state index >= 15 is 0 Å². The molecule has 3 unspecified atom stereocenters. The molecule has 0 aliphatic carbocycles. The van der Waals surface area contributed by atoms with Gasteiger partial charge in [-0.2, -0.15) is 0 Å². The molecule has 128 valence electrons. The first-order valence-corrected chi connectivity index (χ1v) is 8.00. The number of aliphatic hydroxyl groups is 2. The van der Waals surface area contributed by atoms with Crippen LogP contribution >= 0.6 is 0 Å². The minimum Gasteiger partial charge on any atom is -0.389 e. The van der Waals surface area contributed by atoms with Gasteiger partial charge in [0.1, 0.15) is 6.10 Å². The van der Waals surface area contributed by atoms with Crippen LogP contribution in [0.5, 0.6) is 0 Å². The van der Waals surface area contributed by atoms with Crippen LogP contribution in [0, 0.1) is 0 Å². The van der Waals surface area contributed by atoms with E-state index in [-0.39, 0.29) is 12.3 Å². The van der Waals surface area contributed by atoms with E-state index in [2.05, 4.69) is 6.58 Å². The number of aliphatic hydroxyl groups excluding tert-OH is 2. The minimum absolute atomic E-state index is 0.263. The zero-order valence-electron chi connectivity index (χ0n) is 13.5. The molecule has 0 aliphatic heterocycles. The lowest BCUT2D eigenvalue weighted by Crippen LogP contribution is -2.31. The van der Waals surface area contributed by atoms with E-state index in [4.69, 9.17) is 0 Å². The fourth-order valence-electron chi connectivity index (χ4n) is 2.32. The quantitative estimate of drug-likeness (QED) is 0.624. The summed E-state index contributed by atoms with van der Waals surface area (Å²) in [6.45, 7) is 5.37. The number of alkyl halides is 2. The molecular weight excluding hydrogens is 298 g/mol. The average Bonchev–Trinajstić information content (AvgIpc) is 2.56. The molecule has 1 aromatic rings. The standard InChI is InChI=1S/C19H26F2O2/c1-3-5-13-19(20,21)18(23)12-11-16(14-17(22)4-2)15-9-7-6-8-10-15/h4,6-12,16-18,22-23H,2-3,5,13-14H2,1H3/b12-11+. The first kappa shape index (κ1) is 19.5. The molecule has 0 aromatic heterocycles. The van der Waals surface area contributed by atoms with Crippen molar-refractivity contribution in [3.63, 3.8) is 0 Å². The van der Waals surface area contributed by atoms with E-state index in [1.165, 1.54) is 6.08 Å². The van der Waals surface area contributed by atoms with Crippen LogP contribution < -0.4 is 0 Å². The molecule has 1 aromatic carbocycles. The molecule has 3 atom stereocenters. The summed E-state index contributed by atoms with van der Waals surface area (Å²) >= 11 is 0. The second-order valence-electron chi connectivity index (χ2n) is 5.75. The predicted octanol–water partition coefficient (Wildman–Crippen LogP) is 4.45. The van der Waals surface area contributed by atoms with Crippen molar-refractivity contribution in [1.29, 1.82) is 0 Å². The topological polar surface area (TPSA) is 40.5 Å². The third-order valence-electron chi connectivity index (χ3n) is 3.82. The van der Waals surface area contributed by atoms with Gasteiger partial charge in [-0.3, -0.25) is 0 Å². The van der Waals surface area contributed by atoms with E-state index in [0.29, 0.717) is 19.3 Å². The van der Waals surface area contributed by atoms with Crippen LogP contribution in [0.1, 0.15) is 44.1 Å². The van der Waals surface area contributed by atoms with Crippen LogP contribution in [0.2, 0.25) is 0 Å². The Bertz CT molecular complexity index is 485. The van der Waals surface area contributed by atoms with E-state index in [1.54, 1.807) is 6.08 Å². The molecule has 1 rings (SSSR count). The second-order valence-corrected chi connectivity index (χ2v) is 5.75. The molecule has 0 saturated carbocycles. The zero-order chi connectivity index (χ0) is 17.3. The van der Waals surface area contributed by atoms with Crippen molar-refractivity contribution in [3.05, 3.63) is 60.7 Å². The summed E-state index contributed by atoms with van der Waals surface area (Å²) in [5, 5.41) is 19.5. The molecule has 0 spiro atoms. The molecule has 0 bridgehead atoms. The Morgan fingerprint density at radius 3 is 2.39 bits per heavy atom.